The zero-order valence-electron chi connectivity index (χ0n) is 18.5. The number of benzene rings is 2. The summed E-state index contributed by atoms with van der Waals surface area (Å²) >= 11 is 6.21. The number of rotatable bonds is 6. The Balaban J connectivity index is 1.78. The van der Waals surface area contributed by atoms with E-state index < -0.39 is 15.9 Å². The molecule has 0 spiro atoms. The van der Waals surface area contributed by atoms with Gasteiger partial charge >= 0.3 is 0 Å². The zero-order valence-corrected chi connectivity index (χ0v) is 20.0. The van der Waals surface area contributed by atoms with Gasteiger partial charge in [-0.15, -0.1) is 0 Å². The third kappa shape index (κ3) is 5.31. The van der Waals surface area contributed by atoms with Gasteiger partial charge in [0.15, 0.2) is 0 Å². The SMILES string of the molecule is CN(C)C(=O)c1ccc(NC(=O)c2cccc(S(=O)(=O)N(C)C3CCCCC3)c2)cc1Cl. The van der Waals surface area contributed by atoms with Crippen LogP contribution in [0.4, 0.5) is 5.69 Å². The quantitative estimate of drug-likeness (QED) is 0.673. The molecule has 7 nitrogen and oxygen atoms in total. The van der Waals surface area contributed by atoms with Gasteiger partial charge in [0.1, 0.15) is 0 Å². The highest BCUT2D eigenvalue weighted by atomic mass is 35.5. The lowest BCUT2D eigenvalue weighted by molar-refractivity contribution is 0.0827. The lowest BCUT2D eigenvalue weighted by Crippen LogP contribution is -2.38. The number of carbonyl (C=O) groups is 2. The van der Waals surface area contributed by atoms with E-state index in [1.807, 2.05) is 0 Å². The summed E-state index contributed by atoms with van der Waals surface area (Å²) < 4.78 is 27.6. The lowest BCUT2D eigenvalue weighted by atomic mass is 9.96. The van der Waals surface area contributed by atoms with Gasteiger partial charge in [-0.2, -0.15) is 4.31 Å². The molecule has 0 unspecified atom stereocenters. The van der Waals surface area contributed by atoms with E-state index in [0.29, 0.717) is 11.3 Å². The predicted molar refractivity (Wildman–Crippen MR) is 126 cm³/mol. The van der Waals surface area contributed by atoms with Crippen LogP contribution in [-0.4, -0.2) is 56.6 Å². The van der Waals surface area contributed by atoms with Crippen LogP contribution in [0.2, 0.25) is 5.02 Å². The van der Waals surface area contributed by atoms with Crippen molar-refractivity contribution in [3.63, 3.8) is 0 Å². The maximum Gasteiger partial charge on any atom is 0.255 e. The number of halogens is 1. The fourth-order valence-electron chi connectivity index (χ4n) is 3.82. The van der Waals surface area contributed by atoms with Crippen molar-refractivity contribution in [1.82, 2.24) is 9.21 Å². The molecule has 1 saturated carbocycles. The maximum absolute atomic E-state index is 13.1. The molecule has 0 bridgehead atoms. The molecule has 0 radical (unpaired) electrons. The standard InChI is InChI=1S/C23H28ClN3O4S/c1-26(2)23(29)20-13-12-17(15-21(20)24)25-22(28)16-8-7-11-19(14-16)32(30,31)27(3)18-9-5-4-6-10-18/h7-8,11-15,18H,4-6,9-10H2,1-3H3,(H,25,28). The van der Waals surface area contributed by atoms with Gasteiger partial charge < -0.3 is 10.2 Å². The third-order valence-electron chi connectivity index (χ3n) is 5.73. The molecule has 0 aliphatic heterocycles. The number of hydrogen-bond donors (Lipinski definition) is 1. The number of sulfonamides is 1. The topological polar surface area (TPSA) is 86.8 Å². The van der Waals surface area contributed by atoms with Crippen LogP contribution in [0.5, 0.6) is 0 Å². The summed E-state index contributed by atoms with van der Waals surface area (Å²) in [5, 5.41) is 2.92. The monoisotopic (exact) mass is 477 g/mol. The summed E-state index contributed by atoms with van der Waals surface area (Å²) in [5.74, 6) is -0.710. The molecule has 172 valence electrons. The summed E-state index contributed by atoms with van der Waals surface area (Å²) in [4.78, 5) is 26.4. The Morgan fingerprint density at radius 2 is 1.69 bits per heavy atom. The Bertz CT molecular complexity index is 1110. The second-order valence-corrected chi connectivity index (χ2v) is 10.6. The highest BCUT2D eigenvalue weighted by Crippen LogP contribution is 2.27. The Hall–Kier alpha value is -2.42. The lowest BCUT2D eigenvalue weighted by Gasteiger charge is -2.30. The van der Waals surface area contributed by atoms with Crippen molar-refractivity contribution in [3.05, 3.63) is 58.6 Å². The van der Waals surface area contributed by atoms with E-state index in [1.54, 1.807) is 45.4 Å². The average molecular weight is 478 g/mol. The van der Waals surface area contributed by atoms with Gasteiger partial charge in [0.25, 0.3) is 11.8 Å². The first-order chi connectivity index (χ1) is 15.1. The van der Waals surface area contributed by atoms with Crippen LogP contribution in [0.1, 0.15) is 52.8 Å². The first kappa shape index (κ1) is 24.2. The minimum Gasteiger partial charge on any atom is -0.345 e. The number of nitrogens with one attached hydrogen (secondary N) is 1. The van der Waals surface area contributed by atoms with E-state index in [1.165, 1.54) is 27.4 Å². The van der Waals surface area contributed by atoms with Gasteiger partial charge in [0.05, 0.1) is 15.5 Å². The second kappa shape index (κ2) is 10.0. The molecule has 0 atom stereocenters. The van der Waals surface area contributed by atoms with Crippen molar-refractivity contribution in [1.29, 1.82) is 0 Å². The molecule has 3 rings (SSSR count). The molecule has 0 saturated heterocycles. The fourth-order valence-corrected chi connectivity index (χ4v) is 5.54. The molecule has 2 amide bonds. The van der Waals surface area contributed by atoms with Crippen LogP contribution in [0, 0.1) is 0 Å². The molecule has 1 fully saturated rings. The first-order valence-electron chi connectivity index (χ1n) is 10.5. The average Bonchev–Trinajstić information content (AvgIpc) is 2.78. The fraction of sp³-hybridized carbons (Fsp3) is 0.391. The molecule has 1 N–H and O–H groups in total. The van der Waals surface area contributed by atoms with Gasteiger partial charge in [-0.1, -0.05) is 36.9 Å². The molecule has 9 heteroatoms. The maximum atomic E-state index is 13.1. The van der Waals surface area contributed by atoms with Crippen molar-refractivity contribution in [2.24, 2.45) is 0 Å². The third-order valence-corrected chi connectivity index (χ3v) is 7.94. The number of carbonyl (C=O) groups excluding carboxylic acids is 2. The van der Waals surface area contributed by atoms with E-state index in [-0.39, 0.29) is 27.4 Å². The predicted octanol–water partition coefficient (Wildman–Crippen LogP) is 4.25. The van der Waals surface area contributed by atoms with Crippen molar-refractivity contribution >= 4 is 39.1 Å². The molecule has 0 aromatic heterocycles. The molecular weight excluding hydrogens is 450 g/mol. The highest BCUT2D eigenvalue weighted by molar-refractivity contribution is 7.89. The minimum absolute atomic E-state index is 0.0169. The molecule has 1 aliphatic carbocycles. The van der Waals surface area contributed by atoms with E-state index in [0.717, 1.165) is 32.1 Å². The van der Waals surface area contributed by atoms with Gasteiger partial charge in [0.2, 0.25) is 10.0 Å². The summed E-state index contributed by atoms with van der Waals surface area (Å²) in [5.41, 5.74) is 0.948. The number of anilines is 1. The summed E-state index contributed by atoms with van der Waals surface area (Å²) in [6.07, 6.45) is 4.88. The Morgan fingerprint density at radius 3 is 2.31 bits per heavy atom. The number of nitrogens with zero attached hydrogens (tertiary/aromatic N) is 2. The van der Waals surface area contributed by atoms with Crippen molar-refractivity contribution < 1.29 is 18.0 Å². The summed E-state index contributed by atoms with van der Waals surface area (Å²) in [6, 6.07) is 10.6. The smallest absolute Gasteiger partial charge is 0.255 e. The zero-order chi connectivity index (χ0) is 23.5. The van der Waals surface area contributed by atoms with Crippen LogP contribution in [-0.2, 0) is 10.0 Å². The van der Waals surface area contributed by atoms with Gasteiger partial charge in [-0.3, -0.25) is 9.59 Å². The molecule has 0 heterocycles. The van der Waals surface area contributed by atoms with Crippen LogP contribution < -0.4 is 5.32 Å². The Kier molecular flexibility index (Phi) is 7.59. The van der Waals surface area contributed by atoms with E-state index in [2.05, 4.69) is 5.32 Å². The first-order valence-corrected chi connectivity index (χ1v) is 12.3. The van der Waals surface area contributed by atoms with Crippen LogP contribution in [0.25, 0.3) is 0 Å². The summed E-state index contributed by atoms with van der Waals surface area (Å²) in [7, 11) is 1.15. The van der Waals surface area contributed by atoms with Gasteiger partial charge in [-0.05, 0) is 49.2 Å². The second-order valence-electron chi connectivity index (χ2n) is 8.19. The van der Waals surface area contributed by atoms with Gasteiger partial charge in [-0.25, -0.2) is 8.42 Å². The van der Waals surface area contributed by atoms with E-state index >= 15 is 0 Å². The summed E-state index contributed by atoms with van der Waals surface area (Å²) in [6.45, 7) is 0. The molecule has 2 aromatic carbocycles. The molecular formula is C23H28ClN3O4S. The largest absolute Gasteiger partial charge is 0.345 e. The molecule has 32 heavy (non-hydrogen) atoms. The highest BCUT2D eigenvalue weighted by Gasteiger charge is 2.29. The van der Waals surface area contributed by atoms with Crippen molar-refractivity contribution in [2.75, 3.05) is 26.5 Å². The van der Waals surface area contributed by atoms with Gasteiger partial charge in [0, 0.05) is 38.4 Å². The number of amides is 2. The van der Waals surface area contributed by atoms with Crippen LogP contribution in [0.15, 0.2) is 47.4 Å². The van der Waals surface area contributed by atoms with Crippen molar-refractivity contribution in [3.8, 4) is 0 Å². The van der Waals surface area contributed by atoms with Crippen LogP contribution >= 0.6 is 11.6 Å². The van der Waals surface area contributed by atoms with E-state index in [9.17, 15) is 18.0 Å². The molecule has 2 aromatic rings. The Morgan fingerprint density at radius 1 is 1.00 bits per heavy atom. The minimum atomic E-state index is -3.71. The van der Waals surface area contributed by atoms with E-state index in [4.69, 9.17) is 11.6 Å². The van der Waals surface area contributed by atoms with Crippen LogP contribution in [0.3, 0.4) is 0 Å². The normalized spacial score (nSPS) is 14.9. The Labute approximate surface area is 194 Å². The molecule has 1 aliphatic rings. The number of hydrogen-bond acceptors (Lipinski definition) is 4. The van der Waals surface area contributed by atoms with Crippen molar-refractivity contribution in [2.45, 2.75) is 43.0 Å².